The van der Waals surface area contributed by atoms with Crippen LogP contribution in [0.2, 0.25) is 0 Å². The highest BCUT2D eigenvalue weighted by atomic mass is 35.5. The molecule has 1 saturated heterocycles. The minimum absolute atomic E-state index is 0. The summed E-state index contributed by atoms with van der Waals surface area (Å²) in [6.45, 7) is 2.08. The molecule has 0 radical (unpaired) electrons. The number of benzene rings is 1. The van der Waals surface area contributed by atoms with Crippen molar-refractivity contribution in [1.82, 2.24) is 0 Å². The van der Waals surface area contributed by atoms with Crippen LogP contribution in [0, 0.1) is 5.82 Å². The van der Waals surface area contributed by atoms with E-state index in [1.54, 1.807) is 12.1 Å². The van der Waals surface area contributed by atoms with Gasteiger partial charge in [0.15, 0.2) is 0 Å². The lowest BCUT2D eigenvalue weighted by Gasteiger charge is -2.13. The van der Waals surface area contributed by atoms with E-state index < -0.39 is 0 Å². The Kier molecular flexibility index (Phi) is 13.5. The van der Waals surface area contributed by atoms with Crippen LogP contribution in [0.15, 0.2) is 18.2 Å². The second kappa shape index (κ2) is 14.0. The standard InChI is InChI=1S/C18H28FN3O2.2ClH/c19-16-12-14(22-18(23)7-3-1-2-4-10-20)8-9-17(16)21-13-15-6-5-11-24-15;;/h8-9,12,15,21H,1-7,10-11,13,20H2,(H,22,23);2*1H. The molecule has 1 atom stereocenters. The molecule has 0 spiro atoms. The highest BCUT2D eigenvalue weighted by molar-refractivity contribution is 5.90. The molecule has 1 aliphatic heterocycles. The first-order chi connectivity index (χ1) is 11.7. The fraction of sp³-hybridized carbons (Fsp3) is 0.611. The van der Waals surface area contributed by atoms with Crippen molar-refractivity contribution in [1.29, 1.82) is 0 Å². The molecule has 0 bridgehead atoms. The monoisotopic (exact) mass is 409 g/mol. The number of carbonyl (C=O) groups is 1. The first-order valence-electron chi connectivity index (χ1n) is 8.84. The summed E-state index contributed by atoms with van der Waals surface area (Å²) in [7, 11) is 0. The van der Waals surface area contributed by atoms with Crippen molar-refractivity contribution in [3.8, 4) is 0 Å². The van der Waals surface area contributed by atoms with Gasteiger partial charge >= 0.3 is 0 Å². The predicted molar refractivity (Wildman–Crippen MR) is 109 cm³/mol. The van der Waals surface area contributed by atoms with Crippen LogP contribution in [-0.4, -0.2) is 31.7 Å². The second-order valence-electron chi connectivity index (χ2n) is 6.21. The molecule has 0 aromatic heterocycles. The van der Waals surface area contributed by atoms with E-state index in [1.807, 2.05) is 0 Å². The zero-order valence-corrected chi connectivity index (χ0v) is 16.6. The minimum atomic E-state index is -0.367. The Morgan fingerprint density at radius 3 is 2.65 bits per heavy atom. The number of rotatable bonds is 10. The summed E-state index contributed by atoms with van der Waals surface area (Å²) in [6.07, 6.45) is 6.53. The van der Waals surface area contributed by atoms with Gasteiger partial charge in [-0.3, -0.25) is 4.79 Å². The lowest BCUT2D eigenvalue weighted by atomic mass is 10.1. The van der Waals surface area contributed by atoms with E-state index in [1.165, 1.54) is 6.07 Å². The quantitative estimate of drug-likeness (QED) is 0.508. The van der Waals surface area contributed by atoms with Crippen LogP contribution in [-0.2, 0) is 9.53 Å². The van der Waals surface area contributed by atoms with Crippen molar-refractivity contribution in [2.45, 2.75) is 51.0 Å². The van der Waals surface area contributed by atoms with Crippen molar-refractivity contribution >= 4 is 42.1 Å². The number of hydrogen-bond acceptors (Lipinski definition) is 4. The van der Waals surface area contributed by atoms with Crippen LogP contribution in [0.1, 0.15) is 44.9 Å². The third kappa shape index (κ3) is 9.03. The summed E-state index contributed by atoms with van der Waals surface area (Å²) in [6, 6.07) is 4.72. The van der Waals surface area contributed by atoms with Crippen LogP contribution in [0.4, 0.5) is 15.8 Å². The third-order valence-electron chi connectivity index (χ3n) is 4.15. The molecular weight excluding hydrogens is 380 g/mol. The smallest absolute Gasteiger partial charge is 0.224 e. The average Bonchev–Trinajstić information content (AvgIpc) is 3.07. The number of halogens is 3. The maximum atomic E-state index is 14.1. The van der Waals surface area contributed by atoms with Gasteiger partial charge in [-0.05, 0) is 50.4 Å². The molecule has 4 N–H and O–H groups in total. The van der Waals surface area contributed by atoms with Crippen molar-refractivity contribution in [3.63, 3.8) is 0 Å². The molecular formula is C18H30Cl2FN3O2. The lowest BCUT2D eigenvalue weighted by Crippen LogP contribution is -2.19. The fourth-order valence-corrected chi connectivity index (χ4v) is 2.77. The largest absolute Gasteiger partial charge is 0.380 e. The Morgan fingerprint density at radius 1 is 1.23 bits per heavy atom. The van der Waals surface area contributed by atoms with Crippen molar-refractivity contribution < 1.29 is 13.9 Å². The van der Waals surface area contributed by atoms with Crippen molar-refractivity contribution in [2.75, 3.05) is 30.3 Å². The molecule has 26 heavy (non-hydrogen) atoms. The maximum absolute atomic E-state index is 14.1. The molecule has 1 aromatic rings. The van der Waals surface area contributed by atoms with Gasteiger partial charge in [0.1, 0.15) is 5.82 Å². The number of hydrogen-bond donors (Lipinski definition) is 3. The van der Waals surface area contributed by atoms with Crippen LogP contribution in [0.25, 0.3) is 0 Å². The minimum Gasteiger partial charge on any atom is -0.380 e. The van der Waals surface area contributed by atoms with E-state index in [0.717, 1.165) is 45.1 Å². The van der Waals surface area contributed by atoms with E-state index in [9.17, 15) is 9.18 Å². The van der Waals surface area contributed by atoms with E-state index in [2.05, 4.69) is 10.6 Å². The zero-order valence-electron chi connectivity index (χ0n) is 15.0. The number of nitrogens with two attached hydrogens (primary N) is 1. The average molecular weight is 410 g/mol. The molecule has 8 heteroatoms. The Morgan fingerprint density at radius 2 is 2.00 bits per heavy atom. The number of anilines is 2. The first kappa shape index (κ1) is 24.9. The number of carbonyl (C=O) groups excluding carboxylic acids is 1. The van der Waals surface area contributed by atoms with Crippen LogP contribution in [0.5, 0.6) is 0 Å². The fourth-order valence-electron chi connectivity index (χ4n) is 2.77. The number of unbranched alkanes of at least 4 members (excludes halogenated alkanes) is 3. The molecule has 0 aliphatic carbocycles. The van der Waals surface area contributed by atoms with Gasteiger partial charge in [0.25, 0.3) is 0 Å². The molecule has 1 aromatic carbocycles. The molecule has 1 heterocycles. The zero-order chi connectivity index (χ0) is 17.2. The highest BCUT2D eigenvalue weighted by Gasteiger charge is 2.15. The summed E-state index contributed by atoms with van der Waals surface area (Å²) in [5, 5.41) is 5.81. The van der Waals surface area contributed by atoms with Gasteiger partial charge in [-0.2, -0.15) is 0 Å². The summed E-state index contributed by atoms with van der Waals surface area (Å²) in [4.78, 5) is 11.9. The van der Waals surface area contributed by atoms with E-state index in [-0.39, 0.29) is 42.6 Å². The van der Waals surface area contributed by atoms with Gasteiger partial charge in [-0.1, -0.05) is 12.8 Å². The van der Waals surface area contributed by atoms with E-state index in [4.69, 9.17) is 10.5 Å². The molecule has 1 unspecified atom stereocenters. The van der Waals surface area contributed by atoms with Crippen LogP contribution < -0.4 is 16.4 Å². The summed E-state index contributed by atoms with van der Waals surface area (Å²) < 4.78 is 19.6. The van der Waals surface area contributed by atoms with Gasteiger partial charge in [0.05, 0.1) is 11.8 Å². The molecule has 5 nitrogen and oxygen atoms in total. The Balaban J connectivity index is 0.00000312. The number of amides is 1. The molecule has 150 valence electrons. The maximum Gasteiger partial charge on any atom is 0.224 e. The Labute approximate surface area is 167 Å². The van der Waals surface area contributed by atoms with Crippen LogP contribution in [0.3, 0.4) is 0 Å². The van der Waals surface area contributed by atoms with Gasteiger partial charge < -0.3 is 21.1 Å². The molecule has 1 amide bonds. The van der Waals surface area contributed by atoms with Crippen molar-refractivity contribution in [2.24, 2.45) is 5.73 Å². The SMILES string of the molecule is Cl.Cl.NCCCCCCC(=O)Nc1ccc(NCC2CCCO2)c(F)c1. The molecule has 0 saturated carbocycles. The molecule has 1 aliphatic rings. The second-order valence-corrected chi connectivity index (χ2v) is 6.21. The summed E-state index contributed by atoms with van der Waals surface area (Å²) >= 11 is 0. The number of nitrogens with one attached hydrogen (secondary N) is 2. The van der Waals surface area contributed by atoms with Gasteiger partial charge in [-0.25, -0.2) is 4.39 Å². The Hall–Kier alpha value is -1.08. The Bertz CT molecular complexity index is 529. The summed E-state index contributed by atoms with van der Waals surface area (Å²) in [5.41, 5.74) is 6.35. The normalized spacial score (nSPS) is 15.7. The van der Waals surface area contributed by atoms with Crippen molar-refractivity contribution in [3.05, 3.63) is 24.0 Å². The third-order valence-corrected chi connectivity index (χ3v) is 4.15. The van der Waals surface area contributed by atoms with E-state index >= 15 is 0 Å². The predicted octanol–water partition coefficient (Wildman–Crippen LogP) is 4.11. The van der Waals surface area contributed by atoms with Gasteiger partial charge in [0.2, 0.25) is 5.91 Å². The lowest BCUT2D eigenvalue weighted by molar-refractivity contribution is -0.116. The van der Waals surface area contributed by atoms with E-state index in [0.29, 0.717) is 30.9 Å². The highest BCUT2D eigenvalue weighted by Crippen LogP contribution is 2.20. The molecule has 1 fully saturated rings. The topological polar surface area (TPSA) is 76.4 Å². The van der Waals surface area contributed by atoms with Crippen LogP contribution >= 0.6 is 24.8 Å². The molecule has 2 rings (SSSR count). The number of ether oxygens (including phenoxy) is 1. The van der Waals surface area contributed by atoms with Gasteiger partial charge in [0, 0.05) is 25.3 Å². The summed E-state index contributed by atoms with van der Waals surface area (Å²) in [5.74, 6) is -0.448. The van der Waals surface area contributed by atoms with Gasteiger partial charge in [-0.15, -0.1) is 24.8 Å². The first-order valence-corrected chi connectivity index (χ1v) is 8.84.